The van der Waals surface area contributed by atoms with E-state index in [1.807, 2.05) is 50.7 Å². The molecule has 0 radical (unpaired) electrons. The van der Waals surface area contributed by atoms with Gasteiger partial charge >= 0.3 is 0 Å². The van der Waals surface area contributed by atoms with Gasteiger partial charge in [-0.3, -0.25) is 4.79 Å². The Labute approximate surface area is 144 Å². The fourth-order valence-corrected chi connectivity index (χ4v) is 2.70. The molecule has 1 amide bonds. The third-order valence-corrected chi connectivity index (χ3v) is 3.88. The van der Waals surface area contributed by atoms with Gasteiger partial charge in [-0.25, -0.2) is 4.68 Å². The van der Waals surface area contributed by atoms with Gasteiger partial charge in [0.1, 0.15) is 6.10 Å². The second-order valence-electron chi connectivity index (χ2n) is 6.22. The molecule has 0 bridgehead atoms. The molecule has 1 aromatic carbocycles. The van der Waals surface area contributed by atoms with Crippen LogP contribution in [0, 0.1) is 13.8 Å². The van der Waals surface area contributed by atoms with Crippen LogP contribution in [0.5, 0.6) is 0 Å². The van der Waals surface area contributed by atoms with Crippen LogP contribution in [-0.2, 0) is 16.1 Å². The van der Waals surface area contributed by atoms with Gasteiger partial charge in [0.05, 0.1) is 11.4 Å². The lowest BCUT2D eigenvalue weighted by Crippen LogP contribution is -2.36. The van der Waals surface area contributed by atoms with E-state index in [1.165, 1.54) is 0 Å². The molecule has 0 fully saturated rings. The maximum atomic E-state index is 12.3. The summed E-state index contributed by atoms with van der Waals surface area (Å²) >= 11 is 0. The molecule has 0 aliphatic rings. The van der Waals surface area contributed by atoms with E-state index < -0.39 is 6.10 Å². The number of benzene rings is 1. The van der Waals surface area contributed by atoms with Crippen LogP contribution in [0.25, 0.3) is 5.69 Å². The van der Waals surface area contributed by atoms with E-state index in [0.717, 1.165) is 29.1 Å². The van der Waals surface area contributed by atoms with Crippen molar-refractivity contribution in [2.75, 3.05) is 13.7 Å². The number of hydrogen-bond acceptors (Lipinski definition) is 3. The Morgan fingerprint density at radius 1 is 1.33 bits per heavy atom. The van der Waals surface area contributed by atoms with Crippen molar-refractivity contribution in [3.63, 3.8) is 0 Å². The number of ether oxygens (including phenoxy) is 1. The maximum Gasteiger partial charge on any atom is 0.251 e. The van der Waals surface area contributed by atoms with E-state index in [0.29, 0.717) is 13.2 Å². The summed E-state index contributed by atoms with van der Waals surface area (Å²) in [5.74, 6) is -0.0000303. The zero-order chi connectivity index (χ0) is 17.7. The minimum atomic E-state index is -0.408. The van der Waals surface area contributed by atoms with Crippen molar-refractivity contribution in [2.24, 2.45) is 0 Å². The van der Waals surface area contributed by atoms with Crippen LogP contribution in [0.4, 0.5) is 0 Å². The second kappa shape index (κ2) is 8.11. The lowest BCUT2D eigenvalue weighted by atomic mass is 10.2. The summed E-state index contributed by atoms with van der Waals surface area (Å²) in [5, 5.41) is 4.51. The van der Waals surface area contributed by atoms with Crippen LogP contribution in [0.2, 0.25) is 0 Å². The smallest absolute Gasteiger partial charge is 0.251 e. The molecular weight excluding hydrogens is 302 g/mol. The molecular formula is C19H27N3O2. The Kier molecular flexibility index (Phi) is 6.15. The van der Waals surface area contributed by atoms with Crippen molar-refractivity contribution in [2.45, 2.75) is 46.8 Å². The van der Waals surface area contributed by atoms with Gasteiger partial charge < -0.3 is 9.64 Å². The Morgan fingerprint density at radius 3 is 2.71 bits per heavy atom. The highest BCUT2D eigenvalue weighted by molar-refractivity contribution is 5.80. The fourth-order valence-electron chi connectivity index (χ4n) is 2.70. The van der Waals surface area contributed by atoms with Gasteiger partial charge in [-0.1, -0.05) is 19.1 Å². The highest BCUT2D eigenvalue weighted by atomic mass is 16.5. The zero-order valence-electron chi connectivity index (χ0n) is 15.2. The number of rotatable bonds is 7. The second-order valence-corrected chi connectivity index (χ2v) is 6.22. The number of carbonyl (C=O) groups excluding carboxylic acids is 1. The zero-order valence-corrected chi connectivity index (χ0v) is 15.2. The first-order valence-corrected chi connectivity index (χ1v) is 8.41. The van der Waals surface area contributed by atoms with Gasteiger partial charge in [0, 0.05) is 25.9 Å². The molecule has 1 heterocycles. The number of amides is 1. The molecule has 1 aromatic heterocycles. The maximum absolute atomic E-state index is 12.3. The van der Waals surface area contributed by atoms with Crippen molar-refractivity contribution < 1.29 is 9.53 Å². The quantitative estimate of drug-likeness (QED) is 0.783. The Hall–Kier alpha value is -2.14. The topological polar surface area (TPSA) is 47.4 Å². The van der Waals surface area contributed by atoms with Gasteiger partial charge in [0.2, 0.25) is 0 Å². The minimum absolute atomic E-state index is 0.0000303. The number of aromatic nitrogens is 2. The standard InChI is InChI=1S/C19H27N3O2/c1-6-10-24-16(4)19(23)21(5)13-17-8-7-9-18(12-17)22-15(3)11-14(2)20-22/h7-9,11-12,16H,6,10,13H2,1-5H3. The molecule has 0 aliphatic heterocycles. The molecule has 2 aromatic rings. The minimum Gasteiger partial charge on any atom is -0.369 e. The molecule has 0 N–H and O–H groups in total. The first-order valence-electron chi connectivity index (χ1n) is 8.41. The van der Waals surface area contributed by atoms with E-state index in [4.69, 9.17) is 4.74 Å². The van der Waals surface area contributed by atoms with E-state index in [1.54, 1.807) is 11.8 Å². The number of carbonyl (C=O) groups is 1. The van der Waals surface area contributed by atoms with E-state index in [2.05, 4.69) is 17.2 Å². The predicted octanol–water partition coefficient (Wildman–Crippen LogP) is 3.26. The molecule has 0 spiro atoms. The molecule has 0 saturated heterocycles. The first-order chi connectivity index (χ1) is 11.4. The summed E-state index contributed by atoms with van der Waals surface area (Å²) in [6, 6.07) is 10.2. The molecule has 130 valence electrons. The lowest BCUT2D eigenvalue weighted by Gasteiger charge is -2.22. The number of likely N-dealkylation sites (N-methyl/N-ethyl adjacent to an activating group) is 1. The predicted molar refractivity (Wildman–Crippen MR) is 95.2 cm³/mol. The van der Waals surface area contributed by atoms with E-state index >= 15 is 0 Å². The summed E-state index contributed by atoms with van der Waals surface area (Å²) in [6.07, 6.45) is 0.501. The van der Waals surface area contributed by atoms with Crippen LogP contribution < -0.4 is 0 Å². The summed E-state index contributed by atoms with van der Waals surface area (Å²) in [6.45, 7) is 9.01. The first kappa shape index (κ1) is 18.2. The van der Waals surface area contributed by atoms with Crippen molar-refractivity contribution in [1.82, 2.24) is 14.7 Å². The third-order valence-electron chi connectivity index (χ3n) is 3.88. The van der Waals surface area contributed by atoms with Crippen LogP contribution in [-0.4, -0.2) is 40.3 Å². The van der Waals surface area contributed by atoms with Gasteiger partial charge in [-0.05, 0) is 51.0 Å². The van der Waals surface area contributed by atoms with Gasteiger partial charge in [-0.2, -0.15) is 5.10 Å². The van der Waals surface area contributed by atoms with E-state index in [-0.39, 0.29) is 5.91 Å². The SMILES string of the molecule is CCCOC(C)C(=O)N(C)Cc1cccc(-n2nc(C)cc2C)c1. The van der Waals surface area contributed by atoms with Gasteiger partial charge in [0.25, 0.3) is 5.91 Å². The summed E-state index contributed by atoms with van der Waals surface area (Å²) in [5.41, 5.74) is 4.16. The normalized spacial score (nSPS) is 12.2. The van der Waals surface area contributed by atoms with Gasteiger partial charge in [0.15, 0.2) is 0 Å². The number of aryl methyl sites for hydroxylation is 2. The molecule has 1 atom stereocenters. The lowest BCUT2D eigenvalue weighted by molar-refractivity contribution is -0.141. The van der Waals surface area contributed by atoms with Crippen molar-refractivity contribution in [3.05, 3.63) is 47.3 Å². The summed E-state index contributed by atoms with van der Waals surface area (Å²) in [7, 11) is 1.81. The van der Waals surface area contributed by atoms with Crippen LogP contribution >= 0.6 is 0 Å². The van der Waals surface area contributed by atoms with Crippen LogP contribution in [0.1, 0.15) is 37.2 Å². The molecule has 1 unspecified atom stereocenters. The monoisotopic (exact) mass is 329 g/mol. The summed E-state index contributed by atoms with van der Waals surface area (Å²) < 4.78 is 7.44. The number of nitrogens with zero attached hydrogens (tertiary/aromatic N) is 3. The largest absolute Gasteiger partial charge is 0.369 e. The molecule has 2 rings (SSSR count). The fraction of sp³-hybridized carbons (Fsp3) is 0.474. The Morgan fingerprint density at radius 2 is 2.08 bits per heavy atom. The highest BCUT2D eigenvalue weighted by Crippen LogP contribution is 2.15. The average molecular weight is 329 g/mol. The third kappa shape index (κ3) is 4.45. The highest BCUT2D eigenvalue weighted by Gasteiger charge is 2.18. The molecule has 24 heavy (non-hydrogen) atoms. The van der Waals surface area contributed by atoms with E-state index in [9.17, 15) is 4.79 Å². The van der Waals surface area contributed by atoms with Crippen molar-refractivity contribution in [1.29, 1.82) is 0 Å². The molecule has 0 saturated carbocycles. The van der Waals surface area contributed by atoms with Crippen LogP contribution in [0.15, 0.2) is 30.3 Å². The van der Waals surface area contributed by atoms with Gasteiger partial charge in [-0.15, -0.1) is 0 Å². The van der Waals surface area contributed by atoms with Crippen LogP contribution in [0.3, 0.4) is 0 Å². The Balaban J connectivity index is 2.09. The summed E-state index contributed by atoms with van der Waals surface area (Å²) in [4.78, 5) is 14.1. The molecule has 5 nitrogen and oxygen atoms in total. The molecule has 0 aliphatic carbocycles. The average Bonchev–Trinajstić information content (AvgIpc) is 2.90. The van der Waals surface area contributed by atoms with Crippen molar-refractivity contribution in [3.8, 4) is 5.69 Å². The number of hydrogen-bond donors (Lipinski definition) is 0. The van der Waals surface area contributed by atoms with Crippen molar-refractivity contribution >= 4 is 5.91 Å². The Bertz CT molecular complexity index is 694. The molecule has 5 heteroatoms.